The molecule has 0 unspecified atom stereocenters. The number of benzene rings is 1. The van der Waals surface area contributed by atoms with Crippen molar-refractivity contribution in [3.05, 3.63) is 51.8 Å². The number of nitrogens with zero attached hydrogens (tertiary/aromatic N) is 1. The molecular weight excluding hydrogens is 274 g/mol. The zero-order chi connectivity index (χ0) is 14.7. The molecule has 6 heteroatoms. The Hall–Kier alpha value is -2.18. The van der Waals surface area contributed by atoms with Crippen molar-refractivity contribution < 1.29 is 4.74 Å². The average Bonchev–Trinajstić information content (AvgIpc) is 2.74. The zero-order valence-corrected chi connectivity index (χ0v) is 11.9. The lowest BCUT2D eigenvalue weighted by molar-refractivity contribution is 0.133. The predicted octanol–water partition coefficient (Wildman–Crippen LogP) is 2.17. The van der Waals surface area contributed by atoms with Crippen LogP contribution >= 0.6 is 11.3 Å². The fourth-order valence-corrected chi connectivity index (χ4v) is 2.78. The highest BCUT2D eigenvalue weighted by atomic mass is 32.1. The number of hydrogen-bond acceptors (Lipinski definition) is 5. The Morgan fingerprint density at radius 3 is 3.00 bits per heavy atom. The van der Waals surface area contributed by atoms with Gasteiger partial charge in [0.05, 0.1) is 10.2 Å². The van der Waals surface area contributed by atoms with Crippen molar-refractivity contribution in [2.24, 2.45) is 5.73 Å². The van der Waals surface area contributed by atoms with E-state index in [1.54, 1.807) is 11.7 Å². The monoisotopic (exact) mass is 289 g/mol. The van der Waals surface area contributed by atoms with Crippen LogP contribution in [0.3, 0.4) is 0 Å². The largest absolute Gasteiger partial charge is 0.398 e. The Labute approximate surface area is 120 Å². The quantitative estimate of drug-likeness (QED) is 0.654. The number of allylic oxidation sites excluding steroid dienone is 2. The summed E-state index contributed by atoms with van der Waals surface area (Å²) in [5.41, 5.74) is 8.54. The van der Waals surface area contributed by atoms with Gasteiger partial charge in [-0.3, -0.25) is 9.36 Å². The van der Waals surface area contributed by atoms with Crippen molar-refractivity contribution in [3.63, 3.8) is 0 Å². The molecule has 2 rings (SSSR count). The Morgan fingerprint density at radius 1 is 1.60 bits per heavy atom. The molecule has 1 aromatic carbocycles. The molecule has 0 spiro atoms. The average molecular weight is 289 g/mol. The second-order valence-electron chi connectivity index (χ2n) is 4.16. The SMILES string of the molecule is C=C(/C(N)=C/C=N)c1ccc2c(c1)sc(=O)n2COC. The lowest BCUT2D eigenvalue weighted by Gasteiger charge is -2.07. The van der Waals surface area contributed by atoms with Crippen LogP contribution in [0.1, 0.15) is 5.56 Å². The van der Waals surface area contributed by atoms with Crippen molar-refractivity contribution in [1.82, 2.24) is 4.57 Å². The summed E-state index contributed by atoms with van der Waals surface area (Å²) in [6.45, 7) is 4.15. The van der Waals surface area contributed by atoms with Crippen molar-refractivity contribution in [1.29, 1.82) is 5.41 Å². The molecule has 2 aromatic rings. The Morgan fingerprint density at radius 2 is 2.35 bits per heavy atom. The first-order chi connectivity index (χ1) is 9.58. The van der Waals surface area contributed by atoms with Gasteiger partial charge >= 0.3 is 4.87 Å². The smallest absolute Gasteiger partial charge is 0.310 e. The minimum atomic E-state index is -0.0624. The summed E-state index contributed by atoms with van der Waals surface area (Å²) in [5.74, 6) is 0. The highest BCUT2D eigenvalue weighted by molar-refractivity contribution is 7.16. The molecule has 0 aliphatic rings. The van der Waals surface area contributed by atoms with E-state index in [1.807, 2.05) is 18.2 Å². The van der Waals surface area contributed by atoms with Gasteiger partial charge in [-0.2, -0.15) is 0 Å². The van der Waals surface area contributed by atoms with Gasteiger partial charge in [0.25, 0.3) is 0 Å². The number of ether oxygens (including phenoxy) is 1. The summed E-state index contributed by atoms with van der Waals surface area (Å²) in [5, 5.41) is 7.02. The molecule has 0 amide bonds. The third-order valence-corrected chi connectivity index (χ3v) is 3.83. The van der Waals surface area contributed by atoms with Crippen molar-refractivity contribution >= 4 is 33.3 Å². The minimum absolute atomic E-state index is 0.0624. The molecule has 0 saturated heterocycles. The topological polar surface area (TPSA) is 81.1 Å². The van der Waals surface area contributed by atoms with Gasteiger partial charge < -0.3 is 15.9 Å². The molecule has 1 heterocycles. The number of methoxy groups -OCH3 is 1. The molecule has 20 heavy (non-hydrogen) atoms. The van der Waals surface area contributed by atoms with Crippen molar-refractivity contribution in [2.75, 3.05) is 7.11 Å². The van der Waals surface area contributed by atoms with Crippen LogP contribution in [-0.2, 0) is 11.5 Å². The number of rotatable bonds is 5. The van der Waals surface area contributed by atoms with E-state index in [4.69, 9.17) is 15.9 Å². The Bertz CT molecular complexity index is 755. The van der Waals surface area contributed by atoms with E-state index in [9.17, 15) is 4.79 Å². The second kappa shape index (κ2) is 5.85. The number of nitrogens with one attached hydrogen (secondary N) is 1. The Balaban J connectivity index is 2.50. The molecule has 0 atom stereocenters. The fraction of sp³-hybridized carbons (Fsp3) is 0.143. The summed E-state index contributed by atoms with van der Waals surface area (Å²) in [7, 11) is 1.55. The molecule has 0 bridgehead atoms. The second-order valence-corrected chi connectivity index (χ2v) is 5.16. The van der Waals surface area contributed by atoms with Crippen LogP contribution in [0.2, 0.25) is 0 Å². The first-order valence-electron chi connectivity index (χ1n) is 5.86. The highest BCUT2D eigenvalue weighted by Crippen LogP contribution is 2.24. The van der Waals surface area contributed by atoms with E-state index in [0.29, 0.717) is 11.3 Å². The molecule has 0 aliphatic heterocycles. The minimum Gasteiger partial charge on any atom is -0.398 e. The molecule has 0 radical (unpaired) electrons. The predicted molar refractivity (Wildman–Crippen MR) is 83.2 cm³/mol. The zero-order valence-electron chi connectivity index (χ0n) is 11.1. The lowest BCUT2D eigenvalue weighted by atomic mass is 10.0. The van der Waals surface area contributed by atoms with E-state index < -0.39 is 0 Å². The van der Waals surface area contributed by atoms with Crippen LogP contribution < -0.4 is 10.6 Å². The van der Waals surface area contributed by atoms with Crippen molar-refractivity contribution in [3.8, 4) is 0 Å². The highest BCUT2D eigenvalue weighted by Gasteiger charge is 2.09. The Kier molecular flexibility index (Phi) is 4.16. The number of fused-ring (bicyclic) bond motifs is 1. The van der Waals surface area contributed by atoms with Crippen molar-refractivity contribution in [2.45, 2.75) is 6.73 Å². The third-order valence-electron chi connectivity index (χ3n) is 2.89. The van der Waals surface area contributed by atoms with Crippen LogP contribution in [0, 0.1) is 5.41 Å². The summed E-state index contributed by atoms with van der Waals surface area (Å²) < 4.78 is 7.45. The van der Waals surface area contributed by atoms with Gasteiger partial charge in [0, 0.05) is 19.0 Å². The van der Waals surface area contributed by atoms with E-state index in [1.165, 1.54) is 6.08 Å². The van der Waals surface area contributed by atoms with Crippen LogP contribution in [0.5, 0.6) is 0 Å². The maximum absolute atomic E-state index is 11.9. The standard InChI is InChI=1S/C14H15N3O2S/c1-9(11(16)5-6-15)10-3-4-12-13(7-10)20-14(18)17(12)8-19-2/h3-7,15H,1,8,16H2,2H3/b11-5-,15-6?. The first kappa shape index (κ1) is 14.2. The summed E-state index contributed by atoms with van der Waals surface area (Å²) in [6.07, 6.45) is 2.59. The van der Waals surface area contributed by atoms with Gasteiger partial charge in [-0.25, -0.2) is 0 Å². The number of aromatic nitrogens is 1. The van der Waals surface area contributed by atoms with Crippen LogP contribution in [0.15, 0.2) is 41.3 Å². The summed E-state index contributed by atoms with van der Waals surface area (Å²) in [4.78, 5) is 11.8. The van der Waals surface area contributed by atoms with Crippen LogP contribution in [0.25, 0.3) is 15.8 Å². The van der Waals surface area contributed by atoms with Gasteiger partial charge in [0.1, 0.15) is 6.73 Å². The maximum atomic E-state index is 11.9. The van der Waals surface area contributed by atoms with E-state index in [0.717, 1.165) is 33.3 Å². The number of thiazole rings is 1. The molecule has 0 saturated carbocycles. The summed E-state index contributed by atoms with van der Waals surface area (Å²) in [6, 6.07) is 5.58. The molecule has 104 valence electrons. The maximum Gasteiger partial charge on any atom is 0.310 e. The van der Waals surface area contributed by atoms with E-state index in [-0.39, 0.29) is 11.6 Å². The first-order valence-corrected chi connectivity index (χ1v) is 6.68. The molecule has 1 aromatic heterocycles. The van der Waals surface area contributed by atoms with Gasteiger partial charge in [0.2, 0.25) is 0 Å². The van der Waals surface area contributed by atoms with Gasteiger partial charge in [0.15, 0.2) is 0 Å². The number of hydrogen-bond donors (Lipinski definition) is 2. The van der Waals surface area contributed by atoms with Crippen LogP contribution in [0.4, 0.5) is 0 Å². The normalized spacial score (nSPS) is 11.8. The van der Waals surface area contributed by atoms with Gasteiger partial charge in [-0.05, 0) is 29.3 Å². The lowest BCUT2D eigenvalue weighted by Crippen LogP contribution is -2.13. The van der Waals surface area contributed by atoms with Gasteiger partial charge in [-0.15, -0.1) is 0 Å². The van der Waals surface area contributed by atoms with Crippen LogP contribution in [-0.4, -0.2) is 17.9 Å². The fourth-order valence-electron chi connectivity index (χ4n) is 1.86. The molecule has 0 fully saturated rings. The molecular formula is C14H15N3O2S. The molecule has 5 nitrogen and oxygen atoms in total. The van der Waals surface area contributed by atoms with E-state index in [2.05, 4.69) is 6.58 Å². The van der Waals surface area contributed by atoms with E-state index >= 15 is 0 Å². The molecule has 3 N–H and O–H groups in total. The molecule has 0 aliphatic carbocycles. The third kappa shape index (κ3) is 2.56. The summed E-state index contributed by atoms with van der Waals surface area (Å²) >= 11 is 1.16. The number of nitrogens with two attached hydrogens (primary N) is 1. The van der Waals surface area contributed by atoms with Gasteiger partial charge in [-0.1, -0.05) is 24.0 Å².